The average Bonchev–Trinajstić information content (AvgIpc) is 2.45. The molecule has 1 amide bonds. The lowest BCUT2D eigenvalue weighted by atomic mass is 10.1. The van der Waals surface area contributed by atoms with E-state index in [1.54, 1.807) is 19.1 Å². The van der Waals surface area contributed by atoms with E-state index in [9.17, 15) is 20.0 Å². The highest BCUT2D eigenvalue weighted by Crippen LogP contribution is 2.25. The van der Waals surface area contributed by atoms with Crippen molar-refractivity contribution in [3.8, 4) is 0 Å². The molecule has 2 rings (SSSR count). The van der Waals surface area contributed by atoms with Crippen molar-refractivity contribution in [1.29, 1.82) is 0 Å². The summed E-state index contributed by atoms with van der Waals surface area (Å²) in [7, 11) is 0. The van der Waals surface area contributed by atoms with E-state index < -0.39 is 16.9 Å². The Balaban J connectivity index is 2.38. The molecule has 0 bridgehead atoms. The summed E-state index contributed by atoms with van der Waals surface area (Å²) < 4.78 is 5.20. The second-order valence-electron chi connectivity index (χ2n) is 4.64. The minimum absolute atomic E-state index is 0.0513. The molecule has 0 aromatic heterocycles. The summed E-state index contributed by atoms with van der Waals surface area (Å²) in [5.74, 6) is -0.442. The number of amides is 1. The maximum absolute atomic E-state index is 12.5. The fourth-order valence-corrected chi connectivity index (χ4v) is 2.30. The molecule has 1 fully saturated rings. The number of nitrogens with zero attached hydrogens (tertiary/aromatic N) is 2. The Morgan fingerprint density at radius 3 is 3.00 bits per heavy atom. The molecule has 1 N–H and O–H groups in total. The number of benzene rings is 1. The third-order valence-electron chi connectivity index (χ3n) is 3.35. The van der Waals surface area contributed by atoms with Crippen molar-refractivity contribution < 1.29 is 19.6 Å². The van der Waals surface area contributed by atoms with Crippen LogP contribution in [0.15, 0.2) is 18.2 Å². The molecule has 7 heteroatoms. The lowest BCUT2D eigenvalue weighted by Gasteiger charge is -2.34. The molecule has 1 aromatic rings. The summed E-state index contributed by atoms with van der Waals surface area (Å²) in [6.07, 6.45) is 0. The molecule has 0 aliphatic carbocycles. The van der Waals surface area contributed by atoms with Gasteiger partial charge in [-0.25, -0.2) is 0 Å². The molecule has 1 aliphatic heterocycles. The molecule has 0 spiro atoms. The fraction of sp³-hybridized carbons (Fsp3) is 0.462. The van der Waals surface area contributed by atoms with E-state index in [1.807, 2.05) is 0 Å². The molecular weight excluding hydrogens is 264 g/mol. The Labute approximate surface area is 115 Å². The van der Waals surface area contributed by atoms with Crippen LogP contribution in [-0.2, 0) is 4.74 Å². The second-order valence-corrected chi connectivity index (χ2v) is 4.64. The summed E-state index contributed by atoms with van der Waals surface area (Å²) in [6, 6.07) is 4.19. The predicted octanol–water partition coefficient (Wildman–Crippen LogP) is 0.737. The van der Waals surface area contributed by atoms with E-state index in [-0.39, 0.29) is 24.5 Å². The first kappa shape index (κ1) is 14.4. The van der Waals surface area contributed by atoms with E-state index in [4.69, 9.17) is 4.74 Å². The molecule has 1 heterocycles. The third kappa shape index (κ3) is 2.63. The molecule has 1 saturated heterocycles. The summed E-state index contributed by atoms with van der Waals surface area (Å²) in [5, 5.41) is 20.4. The zero-order valence-corrected chi connectivity index (χ0v) is 11.1. The highest BCUT2D eigenvalue weighted by molar-refractivity contribution is 5.99. The van der Waals surface area contributed by atoms with Crippen molar-refractivity contribution >= 4 is 11.6 Å². The normalized spacial score (nSPS) is 18.9. The quantitative estimate of drug-likeness (QED) is 0.651. The van der Waals surface area contributed by atoms with Gasteiger partial charge in [-0.1, -0.05) is 12.1 Å². The van der Waals surface area contributed by atoms with Crippen LogP contribution in [0.1, 0.15) is 15.9 Å². The van der Waals surface area contributed by atoms with Gasteiger partial charge in [0, 0.05) is 12.1 Å². The Bertz CT molecular complexity index is 531. The number of aliphatic hydroxyl groups excluding tert-OH is 1. The molecular formula is C13H16N2O5. The van der Waals surface area contributed by atoms with Crippen molar-refractivity contribution in [3.63, 3.8) is 0 Å². The average molecular weight is 280 g/mol. The molecule has 0 saturated carbocycles. The SMILES string of the molecule is Cc1cccc(C(=O)N2CCOCC2CO)c1[N+](=O)[O-]. The van der Waals surface area contributed by atoms with Crippen LogP contribution in [0.2, 0.25) is 0 Å². The number of hydrogen-bond donors (Lipinski definition) is 1. The molecule has 1 aromatic carbocycles. The number of hydrogen-bond acceptors (Lipinski definition) is 5. The van der Waals surface area contributed by atoms with E-state index in [0.717, 1.165) is 0 Å². The van der Waals surface area contributed by atoms with Crippen LogP contribution in [0.3, 0.4) is 0 Å². The topological polar surface area (TPSA) is 92.9 Å². The van der Waals surface area contributed by atoms with Crippen LogP contribution in [0.25, 0.3) is 0 Å². The van der Waals surface area contributed by atoms with Gasteiger partial charge in [0.05, 0.1) is 30.8 Å². The third-order valence-corrected chi connectivity index (χ3v) is 3.35. The maximum atomic E-state index is 12.5. The van der Waals surface area contributed by atoms with Crippen molar-refractivity contribution in [2.75, 3.05) is 26.4 Å². The molecule has 7 nitrogen and oxygen atoms in total. The zero-order chi connectivity index (χ0) is 14.7. The number of aryl methyl sites for hydroxylation is 1. The summed E-state index contributed by atoms with van der Waals surface area (Å²) >= 11 is 0. The van der Waals surface area contributed by atoms with Crippen molar-refractivity contribution in [3.05, 3.63) is 39.4 Å². The largest absolute Gasteiger partial charge is 0.394 e. The van der Waals surface area contributed by atoms with Gasteiger partial charge >= 0.3 is 0 Å². The van der Waals surface area contributed by atoms with E-state index in [1.165, 1.54) is 11.0 Å². The van der Waals surface area contributed by atoms with Gasteiger partial charge in [0.1, 0.15) is 5.56 Å². The first-order chi connectivity index (χ1) is 9.56. The van der Waals surface area contributed by atoms with Crippen LogP contribution in [0.5, 0.6) is 0 Å². The number of para-hydroxylation sites is 1. The van der Waals surface area contributed by atoms with Gasteiger partial charge in [-0.3, -0.25) is 14.9 Å². The van der Waals surface area contributed by atoms with Crippen LogP contribution in [0.4, 0.5) is 5.69 Å². The van der Waals surface area contributed by atoms with Crippen molar-refractivity contribution in [2.24, 2.45) is 0 Å². The van der Waals surface area contributed by atoms with Crippen LogP contribution >= 0.6 is 0 Å². The number of rotatable bonds is 3. The zero-order valence-electron chi connectivity index (χ0n) is 11.1. The molecule has 1 aliphatic rings. The van der Waals surface area contributed by atoms with E-state index >= 15 is 0 Å². The number of aliphatic hydroxyl groups is 1. The Morgan fingerprint density at radius 2 is 2.35 bits per heavy atom. The predicted molar refractivity (Wildman–Crippen MR) is 70.6 cm³/mol. The van der Waals surface area contributed by atoms with Crippen LogP contribution < -0.4 is 0 Å². The Kier molecular flexibility index (Phi) is 4.31. The number of carbonyl (C=O) groups excluding carboxylic acids is 1. The van der Waals surface area contributed by atoms with Gasteiger partial charge in [-0.05, 0) is 13.0 Å². The monoisotopic (exact) mass is 280 g/mol. The molecule has 108 valence electrons. The number of ether oxygens (including phenoxy) is 1. The van der Waals surface area contributed by atoms with Crippen LogP contribution in [-0.4, -0.2) is 53.2 Å². The highest BCUT2D eigenvalue weighted by Gasteiger charge is 2.32. The summed E-state index contributed by atoms with van der Waals surface area (Å²) in [4.78, 5) is 24.5. The lowest BCUT2D eigenvalue weighted by Crippen LogP contribution is -2.50. The molecule has 20 heavy (non-hydrogen) atoms. The Hall–Kier alpha value is -1.99. The molecule has 1 atom stereocenters. The fourth-order valence-electron chi connectivity index (χ4n) is 2.30. The van der Waals surface area contributed by atoms with E-state index in [0.29, 0.717) is 18.7 Å². The molecule has 1 unspecified atom stereocenters. The first-order valence-electron chi connectivity index (χ1n) is 6.30. The van der Waals surface area contributed by atoms with Gasteiger partial charge in [0.25, 0.3) is 11.6 Å². The first-order valence-corrected chi connectivity index (χ1v) is 6.30. The van der Waals surface area contributed by atoms with Crippen molar-refractivity contribution in [1.82, 2.24) is 4.90 Å². The smallest absolute Gasteiger partial charge is 0.285 e. The highest BCUT2D eigenvalue weighted by atomic mass is 16.6. The van der Waals surface area contributed by atoms with Crippen LogP contribution in [0, 0.1) is 17.0 Å². The standard InChI is InChI=1S/C13H16N2O5/c1-9-3-2-4-11(12(9)15(18)19)13(17)14-5-6-20-8-10(14)7-16/h2-4,10,16H,5-8H2,1H3. The minimum atomic E-state index is -0.545. The van der Waals surface area contributed by atoms with Crippen molar-refractivity contribution in [2.45, 2.75) is 13.0 Å². The maximum Gasteiger partial charge on any atom is 0.285 e. The summed E-state index contributed by atoms with van der Waals surface area (Å²) in [5.41, 5.74) is 0.311. The summed E-state index contributed by atoms with van der Waals surface area (Å²) in [6.45, 7) is 2.28. The second kappa shape index (κ2) is 5.98. The lowest BCUT2D eigenvalue weighted by molar-refractivity contribution is -0.385. The van der Waals surface area contributed by atoms with Gasteiger partial charge in [-0.2, -0.15) is 0 Å². The van der Waals surface area contributed by atoms with E-state index in [2.05, 4.69) is 0 Å². The van der Waals surface area contributed by atoms with Gasteiger partial charge < -0.3 is 14.7 Å². The van der Waals surface area contributed by atoms with Gasteiger partial charge in [0.2, 0.25) is 0 Å². The number of nitro benzene ring substituents is 1. The molecule has 0 radical (unpaired) electrons. The van der Waals surface area contributed by atoms with Gasteiger partial charge in [0.15, 0.2) is 0 Å². The number of morpholine rings is 1. The number of nitro groups is 1. The van der Waals surface area contributed by atoms with Gasteiger partial charge in [-0.15, -0.1) is 0 Å². The Morgan fingerprint density at radius 1 is 1.60 bits per heavy atom. The number of carbonyl (C=O) groups is 1. The minimum Gasteiger partial charge on any atom is -0.394 e.